The number of rotatable bonds is 2. The van der Waals surface area contributed by atoms with Crippen LogP contribution in [0.4, 0.5) is 0 Å². The molecular weight excluding hydrogens is 236 g/mol. The van der Waals surface area contributed by atoms with E-state index >= 15 is 0 Å². The van der Waals surface area contributed by atoms with Crippen LogP contribution in [-0.4, -0.2) is 20.0 Å². The van der Waals surface area contributed by atoms with Gasteiger partial charge in [0.05, 0.1) is 17.6 Å². The molecule has 0 saturated heterocycles. The summed E-state index contributed by atoms with van der Waals surface area (Å²) < 4.78 is 1.70. The highest BCUT2D eigenvalue weighted by Crippen LogP contribution is 2.15. The van der Waals surface area contributed by atoms with Gasteiger partial charge in [-0.25, -0.2) is 4.68 Å². The second kappa shape index (κ2) is 4.75. The van der Waals surface area contributed by atoms with Crippen molar-refractivity contribution in [1.29, 1.82) is 0 Å². The zero-order valence-corrected chi connectivity index (χ0v) is 10.1. The lowest BCUT2D eigenvalue weighted by Crippen LogP contribution is -1.94. The van der Waals surface area contributed by atoms with Gasteiger partial charge in [-0.05, 0) is 36.4 Å². The van der Waals surface area contributed by atoms with E-state index < -0.39 is 0 Å². The summed E-state index contributed by atoms with van der Waals surface area (Å²) in [6.07, 6.45) is 8.90. The monoisotopic (exact) mass is 246 g/mol. The number of benzene rings is 1. The van der Waals surface area contributed by atoms with Crippen molar-refractivity contribution in [3.8, 4) is 29.4 Å². The van der Waals surface area contributed by atoms with Crippen molar-refractivity contribution >= 4 is 0 Å². The summed E-state index contributed by atoms with van der Waals surface area (Å²) in [7, 11) is 0. The molecule has 3 aromatic rings. The fourth-order valence-corrected chi connectivity index (χ4v) is 1.73. The maximum absolute atomic E-state index is 5.33. The second-order valence-corrected chi connectivity index (χ2v) is 3.95. The molecule has 0 fully saturated rings. The molecule has 0 saturated carbocycles. The first kappa shape index (κ1) is 11.2. The highest BCUT2D eigenvalue weighted by Gasteiger charge is 2.05. The SMILES string of the molecule is C#Cc1ccc(-n2cc(-c3ccccn3)nn2)cc1. The molecule has 19 heavy (non-hydrogen) atoms. The zero-order chi connectivity index (χ0) is 13.1. The molecule has 0 aliphatic rings. The Morgan fingerprint density at radius 2 is 1.84 bits per heavy atom. The van der Waals surface area contributed by atoms with E-state index in [1.807, 2.05) is 48.7 Å². The molecule has 0 unspecified atom stereocenters. The first-order valence-electron chi connectivity index (χ1n) is 5.77. The van der Waals surface area contributed by atoms with Gasteiger partial charge in [0.25, 0.3) is 0 Å². The molecule has 2 heterocycles. The van der Waals surface area contributed by atoms with Crippen molar-refractivity contribution in [2.24, 2.45) is 0 Å². The van der Waals surface area contributed by atoms with E-state index in [9.17, 15) is 0 Å². The van der Waals surface area contributed by atoms with Gasteiger partial charge in [-0.15, -0.1) is 11.5 Å². The van der Waals surface area contributed by atoms with Gasteiger partial charge < -0.3 is 0 Å². The summed E-state index contributed by atoms with van der Waals surface area (Å²) in [4.78, 5) is 4.24. The van der Waals surface area contributed by atoms with E-state index in [4.69, 9.17) is 6.42 Å². The normalized spacial score (nSPS) is 10.1. The Balaban J connectivity index is 1.95. The second-order valence-electron chi connectivity index (χ2n) is 3.95. The predicted molar refractivity (Wildman–Crippen MR) is 72.5 cm³/mol. The quantitative estimate of drug-likeness (QED) is 0.652. The van der Waals surface area contributed by atoms with Crippen molar-refractivity contribution in [3.63, 3.8) is 0 Å². The molecule has 4 nitrogen and oxygen atoms in total. The van der Waals surface area contributed by atoms with Crippen LogP contribution in [0.25, 0.3) is 17.1 Å². The van der Waals surface area contributed by atoms with Crippen LogP contribution < -0.4 is 0 Å². The van der Waals surface area contributed by atoms with Crippen molar-refractivity contribution in [3.05, 3.63) is 60.4 Å². The summed E-state index contributed by atoms with van der Waals surface area (Å²) in [5.74, 6) is 2.58. The minimum atomic E-state index is 0.738. The topological polar surface area (TPSA) is 43.6 Å². The Morgan fingerprint density at radius 3 is 2.53 bits per heavy atom. The third kappa shape index (κ3) is 2.22. The maximum atomic E-state index is 5.33. The highest BCUT2D eigenvalue weighted by atomic mass is 15.4. The molecule has 0 bridgehead atoms. The Bertz CT molecular complexity index is 721. The third-order valence-corrected chi connectivity index (χ3v) is 2.72. The zero-order valence-electron chi connectivity index (χ0n) is 10.1. The number of pyridine rings is 1. The lowest BCUT2D eigenvalue weighted by atomic mass is 10.2. The van der Waals surface area contributed by atoms with Crippen LogP contribution in [0, 0.1) is 12.3 Å². The van der Waals surface area contributed by atoms with Gasteiger partial charge in [0.15, 0.2) is 0 Å². The minimum absolute atomic E-state index is 0.738. The van der Waals surface area contributed by atoms with Crippen LogP contribution in [0.2, 0.25) is 0 Å². The van der Waals surface area contributed by atoms with Crippen LogP contribution in [0.5, 0.6) is 0 Å². The van der Waals surface area contributed by atoms with Gasteiger partial charge in [0, 0.05) is 11.8 Å². The Kier molecular flexibility index (Phi) is 2.79. The van der Waals surface area contributed by atoms with E-state index in [-0.39, 0.29) is 0 Å². The molecule has 3 rings (SSSR count). The van der Waals surface area contributed by atoms with Gasteiger partial charge in [-0.1, -0.05) is 17.2 Å². The van der Waals surface area contributed by atoms with Crippen LogP contribution in [0.3, 0.4) is 0 Å². The maximum Gasteiger partial charge on any atom is 0.131 e. The molecular formula is C15H10N4. The molecule has 90 valence electrons. The van der Waals surface area contributed by atoms with Gasteiger partial charge in [0.1, 0.15) is 5.69 Å². The molecule has 0 spiro atoms. The van der Waals surface area contributed by atoms with E-state index in [1.54, 1.807) is 10.9 Å². The van der Waals surface area contributed by atoms with Gasteiger partial charge in [0.2, 0.25) is 0 Å². The molecule has 0 atom stereocenters. The van der Waals surface area contributed by atoms with E-state index in [1.165, 1.54) is 0 Å². The molecule has 0 radical (unpaired) electrons. The standard InChI is InChI=1S/C15H10N4/c1-2-12-6-8-13(9-7-12)19-11-15(17-18-19)14-5-3-4-10-16-14/h1,3-11H. The lowest BCUT2D eigenvalue weighted by Gasteiger charge is -1.99. The summed E-state index contributed by atoms with van der Waals surface area (Å²) in [5, 5.41) is 8.21. The molecule has 0 aliphatic carbocycles. The lowest BCUT2D eigenvalue weighted by molar-refractivity contribution is 0.803. The molecule has 0 N–H and O–H groups in total. The number of terminal acetylenes is 1. The van der Waals surface area contributed by atoms with Crippen LogP contribution >= 0.6 is 0 Å². The predicted octanol–water partition coefficient (Wildman–Crippen LogP) is 2.31. The summed E-state index contributed by atoms with van der Waals surface area (Å²) in [6.45, 7) is 0. The van der Waals surface area contributed by atoms with E-state index in [2.05, 4.69) is 21.2 Å². The molecule has 0 amide bonds. The summed E-state index contributed by atoms with van der Waals surface area (Å²) in [5.41, 5.74) is 3.29. The largest absolute Gasteiger partial charge is 0.254 e. The van der Waals surface area contributed by atoms with Crippen LogP contribution in [0.1, 0.15) is 5.56 Å². The Morgan fingerprint density at radius 1 is 1.00 bits per heavy atom. The average molecular weight is 246 g/mol. The van der Waals surface area contributed by atoms with Crippen molar-refractivity contribution in [2.45, 2.75) is 0 Å². The highest BCUT2D eigenvalue weighted by molar-refractivity contribution is 5.52. The van der Waals surface area contributed by atoms with Gasteiger partial charge in [-0.3, -0.25) is 4.98 Å². The van der Waals surface area contributed by atoms with Crippen LogP contribution in [-0.2, 0) is 0 Å². The van der Waals surface area contributed by atoms with Crippen molar-refractivity contribution in [2.75, 3.05) is 0 Å². The van der Waals surface area contributed by atoms with Gasteiger partial charge in [-0.2, -0.15) is 0 Å². The molecule has 0 aliphatic heterocycles. The van der Waals surface area contributed by atoms with Crippen LogP contribution in [0.15, 0.2) is 54.9 Å². The summed E-state index contributed by atoms with van der Waals surface area (Å²) >= 11 is 0. The first-order chi connectivity index (χ1) is 9.36. The third-order valence-electron chi connectivity index (χ3n) is 2.72. The number of aromatic nitrogens is 4. The Hall–Kier alpha value is -2.93. The minimum Gasteiger partial charge on any atom is -0.254 e. The number of nitrogens with zero attached hydrogens (tertiary/aromatic N) is 4. The molecule has 2 aromatic heterocycles. The number of hydrogen-bond acceptors (Lipinski definition) is 3. The van der Waals surface area contributed by atoms with E-state index in [0.29, 0.717) is 0 Å². The molecule has 1 aromatic carbocycles. The van der Waals surface area contributed by atoms with Crippen molar-refractivity contribution in [1.82, 2.24) is 20.0 Å². The fraction of sp³-hybridized carbons (Fsp3) is 0. The first-order valence-corrected chi connectivity index (χ1v) is 5.77. The van der Waals surface area contributed by atoms with E-state index in [0.717, 1.165) is 22.6 Å². The molecule has 4 heteroatoms. The smallest absolute Gasteiger partial charge is 0.131 e. The number of hydrogen-bond donors (Lipinski definition) is 0. The average Bonchev–Trinajstić information content (AvgIpc) is 2.98. The van der Waals surface area contributed by atoms with Crippen molar-refractivity contribution < 1.29 is 0 Å². The Labute approximate surface area is 110 Å². The summed E-state index contributed by atoms with van der Waals surface area (Å²) in [6, 6.07) is 13.2. The van der Waals surface area contributed by atoms with Gasteiger partial charge >= 0.3 is 0 Å². The fourth-order valence-electron chi connectivity index (χ4n) is 1.73.